The molecule has 100 valence electrons. The van der Waals surface area contributed by atoms with E-state index in [1.165, 1.54) is 6.20 Å². The van der Waals surface area contributed by atoms with Crippen LogP contribution in [-0.2, 0) is 14.8 Å². The Labute approximate surface area is 115 Å². The Morgan fingerprint density at radius 2 is 2.11 bits per heavy atom. The molecule has 0 bridgehead atoms. The van der Waals surface area contributed by atoms with Gasteiger partial charge in [-0.05, 0) is 12.1 Å². The first-order valence-corrected chi connectivity index (χ1v) is 8.23. The third-order valence-electron chi connectivity index (χ3n) is 2.50. The third-order valence-corrected chi connectivity index (χ3v) is 5.14. The van der Waals surface area contributed by atoms with Gasteiger partial charge in [-0.1, -0.05) is 15.9 Å². The molecule has 2 heterocycles. The molecule has 0 aromatic carbocycles. The van der Waals surface area contributed by atoms with Crippen molar-refractivity contribution in [1.29, 1.82) is 0 Å². The predicted octanol–water partition coefficient (Wildman–Crippen LogP) is 1.01. The van der Waals surface area contributed by atoms with Crippen molar-refractivity contribution in [2.24, 2.45) is 0 Å². The molecule has 1 aliphatic heterocycles. The van der Waals surface area contributed by atoms with Crippen molar-refractivity contribution in [2.45, 2.75) is 0 Å². The number of ether oxygens (including phenoxy) is 1. The fraction of sp³-hybridized carbons (Fsp3) is 0.500. The van der Waals surface area contributed by atoms with Crippen LogP contribution >= 0.6 is 15.9 Å². The minimum absolute atomic E-state index is 0.134. The van der Waals surface area contributed by atoms with E-state index >= 15 is 0 Å². The van der Waals surface area contributed by atoms with Gasteiger partial charge >= 0.3 is 0 Å². The van der Waals surface area contributed by atoms with E-state index < -0.39 is 10.0 Å². The van der Waals surface area contributed by atoms with E-state index in [2.05, 4.69) is 30.5 Å². The van der Waals surface area contributed by atoms with Crippen LogP contribution < -0.4 is 9.62 Å². The van der Waals surface area contributed by atoms with Crippen LogP contribution in [0.15, 0.2) is 18.3 Å². The second-order valence-corrected chi connectivity index (χ2v) is 6.86. The zero-order valence-electron chi connectivity index (χ0n) is 9.67. The highest BCUT2D eigenvalue weighted by Crippen LogP contribution is 2.16. The number of nitrogens with zero attached hydrogens (tertiary/aromatic N) is 2. The molecule has 1 aromatic heterocycles. The summed E-state index contributed by atoms with van der Waals surface area (Å²) in [4.78, 5) is 6.35. The van der Waals surface area contributed by atoms with Gasteiger partial charge in [0.05, 0.1) is 25.1 Å². The SMILES string of the molecule is O=S(=O)(CBr)Nc1ccc(N2CCOCC2)nc1. The highest BCUT2D eigenvalue weighted by Gasteiger charge is 2.13. The summed E-state index contributed by atoms with van der Waals surface area (Å²) in [6.07, 6.45) is 1.52. The minimum atomic E-state index is -3.32. The van der Waals surface area contributed by atoms with Crippen LogP contribution in [-0.4, -0.2) is 44.4 Å². The molecule has 0 spiro atoms. The monoisotopic (exact) mass is 335 g/mol. The van der Waals surface area contributed by atoms with Gasteiger partial charge in [0.2, 0.25) is 10.0 Å². The van der Waals surface area contributed by atoms with Crippen molar-refractivity contribution >= 4 is 37.5 Å². The van der Waals surface area contributed by atoms with Crippen LogP contribution in [0.1, 0.15) is 0 Å². The molecule has 0 saturated carbocycles. The maximum atomic E-state index is 11.3. The maximum Gasteiger partial charge on any atom is 0.242 e. The fourth-order valence-electron chi connectivity index (χ4n) is 1.63. The van der Waals surface area contributed by atoms with Gasteiger partial charge in [0.25, 0.3) is 0 Å². The standard InChI is InChI=1S/C10H14BrN3O3S/c11-8-18(15,16)13-9-1-2-10(12-7-9)14-3-5-17-6-4-14/h1-2,7,13H,3-6,8H2. The van der Waals surface area contributed by atoms with E-state index in [0.717, 1.165) is 18.9 Å². The summed E-state index contributed by atoms with van der Waals surface area (Å²) in [7, 11) is -3.32. The van der Waals surface area contributed by atoms with Crippen LogP contribution in [0.3, 0.4) is 0 Å². The van der Waals surface area contributed by atoms with Crippen LogP contribution in [0.25, 0.3) is 0 Å². The molecular formula is C10H14BrN3O3S. The normalized spacial score (nSPS) is 16.6. The van der Waals surface area contributed by atoms with Crippen molar-refractivity contribution in [2.75, 3.05) is 40.6 Å². The Balaban J connectivity index is 2.05. The van der Waals surface area contributed by atoms with Crippen molar-refractivity contribution in [3.8, 4) is 0 Å². The number of sulfonamides is 1. The Bertz CT molecular complexity index is 486. The molecule has 2 rings (SSSR count). The van der Waals surface area contributed by atoms with Crippen LogP contribution in [0.4, 0.5) is 11.5 Å². The maximum absolute atomic E-state index is 11.3. The topological polar surface area (TPSA) is 71.5 Å². The van der Waals surface area contributed by atoms with Gasteiger partial charge in [-0.2, -0.15) is 0 Å². The molecule has 0 aliphatic carbocycles. The number of morpholine rings is 1. The second kappa shape index (κ2) is 5.85. The second-order valence-electron chi connectivity index (χ2n) is 3.83. The van der Waals surface area contributed by atoms with Gasteiger partial charge in [0, 0.05) is 13.1 Å². The van der Waals surface area contributed by atoms with E-state index in [0.29, 0.717) is 18.9 Å². The van der Waals surface area contributed by atoms with E-state index in [9.17, 15) is 8.42 Å². The smallest absolute Gasteiger partial charge is 0.242 e. The Morgan fingerprint density at radius 3 is 2.67 bits per heavy atom. The molecule has 1 N–H and O–H groups in total. The van der Waals surface area contributed by atoms with Crippen molar-refractivity contribution < 1.29 is 13.2 Å². The van der Waals surface area contributed by atoms with Crippen LogP contribution in [0.5, 0.6) is 0 Å². The molecule has 6 nitrogen and oxygen atoms in total. The quantitative estimate of drug-likeness (QED) is 0.831. The zero-order chi connectivity index (χ0) is 13.0. The van der Waals surface area contributed by atoms with Gasteiger partial charge in [-0.15, -0.1) is 0 Å². The molecule has 1 saturated heterocycles. The molecule has 1 aromatic rings. The van der Waals surface area contributed by atoms with Crippen molar-refractivity contribution in [1.82, 2.24) is 4.98 Å². The van der Waals surface area contributed by atoms with E-state index in [-0.39, 0.29) is 4.66 Å². The number of pyridine rings is 1. The van der Waals surface area contributed by atoms with Gasteiger partial charge in [-0.25, -0.2) is 13.4 Å². The number of hydrogen-bond donors (Lipinski definition) is 1. The highest BCUT2D eigenvalue weighted by atomic mass is 79.9. The lowest BCUT2D eigenvalue weighted by atomic mass is 10.3. The summed E-state index contributed by atoms with van der Waals surface area (Å²) in [5, 5.41) is 0. The van der Waals surface area contributed by atoms with Crippen molar-refractivity contribution in [3.05, 3.63) is 18.3 Å². The Morgan fingerprint density at radius 1 is 1.39 bits per heavy atom. The van der Waals surface area contributed by atoms with Crippen LogP contribution in [0, 0.1) is 0 Å². The first-order valence-electron chi connectivity index (χ1n) is 5.46. The summed E-state index contributed by atoms with van der Waals surface area (Å²) in [5.41, 5.74) is 0.464. The van der Waals surface area contributed by atoms with Crippen LogP contribution in [0.2, 0.25) is 0 Å². The summed E-state index contributed by atoms with van der Waals surface area (Å²) < 4.78 is 30.2. The van der Waals surface area contributed by atoms with Gasteiger partial charge < -0.3 is 9.64 Å². The number of halogens is 1. The summed E-state index contributed by atoms with van der Waals surface area (Å²) in [6, 6.07) is 3.51. The lowest BCUT2D eigenvalue weighted by Crippen LogP contribution is -2.36. The summed E-state index contributed by atoms with van der Waals surface area (Å²) in [5.74, 6) is 0.833. The summed E-state index contributed by atoms with van der Waals surface area (Å²) in [6.45, 7) is 3.00. The van der Waals surface area contributed by atoms with Gasteiger partial charge in [0.15, 0.2) is 0 Å². The number of alkyl halides is 1. The number of hydrogen-bond acceptors (Lipinski definition) is 5. The molecule has 1 aliphatic rings. The fourth-order valence-corrected chi connectivity index (χ4v) is 2.51. The first-order chi connectivity index (χ1) is 8.61. The van der Waals surface area contributed by atoms with E-state index in [1.807, 2.05) is 0 Å². The third kappa shape index (κ3) is 3.56. The molecule has 1 fully saturated rings. The average Bonchev–Trinajstić information content (AvgIpc) is 2.40. The molecule has 0 atom stereocenters. The lowest BCUT2D eigenvalue weighted by Gasteiger charge is -2.27. The predicted molar refractivity (Wildman–Crippen MR) is 73.6 cm³/mol. The lowest BCUT2D eigenvalue weighted by molar-refractivity contribution is 0.122. The van der Waals surface area contributed by atoms with E-state index in [1.54, 1.807) is 12.1 Å². The van der Waals surface area contributed by atoms with Crippen molar-refractivity contribution in [3.63, 3.8) is 0 Å². The first kappa shape index (κ1) is 13.6. The molecule has 0 amide bonds. The molecule has 0 radical (unpaired) electrons. The molecule has 8 heteroatoms. The Kier molecular flexibility index (Phi) is 4.41. The number of rotatable bonds is 4. The molecule has 18 heavy (non-hydrogen) atoms. The highest BCUT2D eigenvalue weighted by molar-refractivity contribution is 9.10. The van der Waals surface area contributed by atoms with E-state index in [4.69, 9.17) is 4.74 Å². The number of nitrogens with one attached hydrogen (secondary N) is 1. The van der Waals surface area contributed by atoms with Gasteiger partial charge in [-0.3, -0.25) is 4.72 Å². The summed E-state index contributed by atoms with van der Waals surface area (Å²) >= 11 is 2.91. The molecular weight excluding hydrogens is 322 g/mol. The van der Waals surface area contributed by atoms with Gasteiger partial charge in [0.1, 0.15) is 10.5 Å². The molecule has 0 unspecified atom stereocenters. The number of aromatic nitrogens is 1. The minimum Gasteiger partial charge on any atom is -0.378 e. The average molecular weight is 336 g/mol. The zero-order valence-corrected chi connectivity index (χ0v) is 12.1. The Hall–Kier alpha value is -0.860. The largest absolute Gasteiger partial charge is 0.378 e. The number of anilines is 2.